The molecule has 0 amide bonds. The van der Waals surface area contributed by atoms with Gasteiger partial charge in [0.05, 0.1) is 6.54 Å². The van der Waals surface area contributed by atoms with Crippen LogP contribution in [0.2, 0.25) is 0 Å². The summed E-state index contributed by atoms with van der Waals surface area (Å²) in [4.78, 5) is 4.62. The highest BCUT2D eigenvalue weighted by Gasteiger charge is 2.45. The number of aliphatic hydroxyl groups is 1. The van der Waals surface area contributed by atoms with Crippen LogP contribution in [0.1, 0.15) is 32.3 Å². The van der Waals surface area contributed by atoms with Crippen LogP contribution < -0.4 is 10.6 Å². The molecule has 0 spiro atoms. The van der Waals surface area contributed by atoms with Crippen LogP contribution in [0.5, 0.6) is 0 Å². The van der Waals surface area contributed by atoms with E-state index >= 15 is 0 Å². The number of hydrogen-bond acceptors (Lipinski definition) is 2. The maximum Gasteiger partial charge on any atom is 0.191 e. The predicted octanol–water partition coefficient (Wildman–Crippen LogP) is 2.66. The maximum atomic E-state index is 14.0. The van der Waals surface area contributed by atoms with Gasteiger partial charge in [0.2, 0.25) is 0 Å². The molecule has 1 aliphatic rings. The minimum atomic E-state index is -0.143. The molecule has 4 nitrogen and oxygen atoms in total. The summed E-state index contributed by atoms with van der Waals surface area (Å²) in [6, 6.07) is 6.99. The number of aliphatic imine (C=N–C) groups is 1. The molecule has 130 valence electrons. The first-order valence-electron chi connectivity index (χ1n) is 7.99. The van der Waals surface area contributed by atoms with Gasteiger partial charge in [-0.25, -0.2) is 4.39 Å². The van der Waals surface area contributed by atoms with Crippen molar-refractivity contribution in [3.05, 3.63) is 35.6 Å². The van der Waals surface area contributed by atoms with E-state index in [0.717, 1.165) is 30.9 Å². The number of guanidine groups is 1. The monoisotopic (exact) mass is 435 g/mol. The molecule has 0 heterocycles. The van der Waals surface area contributed by atoms with Crippen molar-refractivity contribution < 1.29 is 9.50 Å². The Morgan fingerprint density at radius 2 is 2.04 bits per heavy atom. The summed E-state index contributed by atoms with van der Waals surface area (Å²) in [6.07, 6.45) is 1.95. The summed E-state index contributed by atoms with van der Waals surface area (Å²) >= 11 is 0. The van der Waals surface area contributed by atoms with E-state index in [4.69, 9.17) is 5.11 Å². The molecule has 1 aliphatic carbocycles. The Bertz CT molecular complexity index is 520. The van der Waals surface area contributed by atoms with Gasteiger partial charge < -0.3 is 15.7 Å². The summed E-state index contributed by atoms with van der Waals surface area (Å²) in [5, 5.41) is 15.5. The minimum absolute atomic E-state index is 0. The lowest BCUT2D eigenvalue weighted by molar-refractivity contribution is 0.238. The van der Waals surface area contributed by atoms with Gasteiger partial charge in [-0.15, -0.1) is 24.0 Å². The van der Waals surface area contributed by atoms with Crippen LogP contribution in [0.4, 0.5) is 4.39 Å². The Morgan fingerprint density at radius 1 is 1.35 bits per heavy atom. The van der Waals surface area contributed by atoms with E-state index in [1.54, 1.807) is 6.07 Å². The highest BCUT2D eigenvalue weighted by molar-refractivity contribution is 14.0. The third-order valence-electron chi connectivity index (χ3n) is 4.11. The molecule has 0 aliphatic heterocycles. The van der Waals surface area contributed by atoms with Gasteiger partial charge in [-0.1, -0.05) is 25.1 Å². The van der Waals surface area contributed by atoms with Gasteiger partial charge in [0.25, 0.3) is 0 Å². The molecule has 1 atom stereocenters. The van der Waals surface area contributed by atoms with E-state index in [1.165, 1.54) is 6.07 Å². The third kappa shape index (κ3) is 5.60. The number of benzene rings is 1. The Labute approximate surface area is 155 Å². The van der Waals surface area contributed by atoms with Gasteiger partial charge in [0.1, 0.15) is 5.82 Å². The number of nitrogens with zero attached hydrogens (tertiary/aromatic N) is 1. The van der Waals surface area contributed by atoms with E-state index in [9.17, 15) is 4.39 Å². The van der Waals surface area contributed by atoms with E-state index in [1.807, 2.05) is 26.0 Å². The lowest BCUT2D eigenvalue weighted by atomic mass is 9.95. The fourth-order valence-electron chi connectivity index (χ4n) is 2.46. The van der Waals surface area contributed by atoms with Crippen LogP contribution in [0, 0.1) is 11.7 Å². The Balaban J connectivity index is 0.00000264. The first-order chi connectivity index (χ1) is 10.6. The highest BCUT2D eigenvalue weighted by atomic mass is 127. The second-order valence-electron chi connectivity index (χ2n) is 6.12. The molecule has 1 saturated carbocycles. The summed E-state index contributed by atoms with van der Waals surface area (Å²) in [5.74, 6) is 0.762. The maximum absolute atomic E-state index is 14.0. The van der Waals surface area contributed by atoms with Crippen LogP contribution in [-0.4, -0.2) is 37.3 Å². The van der Waals surface area contributed by atoms with Gasteiger partial charge in [0.15, 0.2) is 5.96 Å². The molecule has 2 rings (SSSR count). The van der Waals surface area contributed by atoms with Crippen molar-refractivity contribution in [3.63, 3.8) is 0 Å². The largest absolute Gasteiger partial charge is 0.396 e. The normalized spacial score (nSPS) is 17.1. The third-order valence-corrected chi connectivity index (χ3v) is 4.11. The van der Waals surface area contributed by atoms with Gasteiger partial charge >= 0.3 is 0 Å². The van der Waals surface area contributed by atoms with Crippen LogP contribution in [0.3, 0.4) is 0 Å². The van der Waals surface area contributed by atoms with Crippen LogP contribution in [-0.2, 0) is 5.41 Å². The van der Waals surface area contributed by atoms with Gasteiger partial charge in [-0.05, 0) is 37.3 Å². The molecule has 0 bridgehead atoms. The molecule has 0 saturated heterocycles. The fraction of sp³-hybridized carbons (Fsp3) is 0.588. The summed E-state index contributed by atoms with van der Waals surface area (Å²) < 4.78 is 14.0. The zero-order chi connectivity index (χ0) is 16.0. The Hall–Kier alpha value is -0.890. The lowest BCUT2D eigenvalue weighted by Gasteiger charge is -2.17. The molecule has 1 unspecified atom stereocenters. The molecule has 3 N–H and O–H groups in total. The molecule has 6 heteroatoms. The van der Waals surface area contributed by atoms with Crippen LogP contribution in [0.25, 0.3) is 0 Å². The highest BCUT2D eigenvalue weighted by Crippen LogP contribution is 2.49. The van der Waals surface area contributed by atoms with Crippen molar-refractivity contribution in [1.29, 1.82) is 0 Å². The second kappa shape index (κ2) is 9.42. The zero-order valence-electron chi connectivity index (χ0n) is 13.8. The molecular formula is C17H27FIN3O. The SMILES string of the molecule is CCNC(=NCC1(c2ccccc2F)CC1)NCC(C)CO.I. The zero-order valence-corrected chi connectivity index (χ0v) is 16.1. The standard InChI is InChI=1S/C17H26FN3O.HI/c1-3-19-16(20-10-13(2)11-22)21-12-17(8-9-17)14-6-4-5-7-15(14)18;/h4-7,13,22H,3,8-12H2,1-2H3,(H2,19,20,21);1H. The lowest BCUT2D eigenvalue weighted by Crippen LogP contribution is -2.40. The first-order valence-corrected chi connectivity index (χ1v) is 7.99. The quantitative estimate of drug-likeness (QED) is 0.351. The molecule has 0 radical (unpaired) electrons. The predicted molar refractivity (Wildman–Crippen MR) is 103 cm³/mol. The fourth-order valence-corrected chi connectivity index (χ4v) is 2.46. The topological polar surface area (TPSA) is 56.7 Å². The number of hydrogen-bond donors (Lipinski definition) is 3. The van der Waals surface area contributed by atoms with Crippen molar-refractivity contribution in [1.82, 2.24) is 10.6 Å². The molecular weight excluding hydrogens is 408 g/mol. The van der Waals surface area contributed by atoms with Crippen molar-refractivity contribution in [2.45, 2.75) is 32.1 Å². The average molecular weight is 435 g/mol. The number of nitrogens with one attached hydrogen (secondary N) is 2. The second-order valence-corrected chi connectivity index (χ2v) is 6.12. The van der Waals surface area contributed by atoms with Crippen molar-refractivity contribution in [2.24, 2.45) is 10.9 Å². The minimum Gasteiger partial charge on any atom is -0.396 e. The number of halogens is 2. The molecule has 1 aromatic carbocycles. The number of aliphatic hydroxyl groups excluding tert-OH is 1. The first kappa shape index (κ1) is 20.2. The smallest absolute Gasteiger partial charge is 0.191 e. The Morgan fingerprint density at radius 3 is 2.61 bits per heavy atom. The van der Waals surface area contributed by atoms with E-state index < -0.39 is 0 Å². The van der Waals surface area contributed by atoms with Crippen molar-refractivity contribution >= 4 is 29.9 Å². The van der Waals surface area contributed by atoms with Gasteiger partial charge in [-0.3, -0.25) is 4.99 Å². The Kier molecular flexibility index (Phi) is 8.25. The van der Waals surface area contributed by atoms with Gasteiger partial charge in [-0.2, -0.15) is 0 Å². The van der Waals surface area contributed by atoms with Crippen LogP contribution in [0.15, 0.2) is 29.3 Å². The summed E-state index contributed by atoms with van der Waals surface area (Å²) in [6.45, 7) is 6.14. The molecule has 23 heavy (non-hydrogen) atoms. The van der Waals surface area contributed by atoms with Crippen molar-refractivity contribution in [2.75, 3.05) is 26.2 Å². The summed E-state index contributed by atoms with van der Waals surface area (Å²) in [5.41, 5.74) is 0.634. The molecule has 1 aromatic rings. The number of rotatable bonds is 7. The van der Waals surface area contributed by atoms with Crippen molar-refractivity contribution in [3.8, 4) is 0 Å². The van der Waals surface area contributed by atoms with Gasteiger partial charge in [0, 0.05) is 25.1 Å². The van der Waals surface area contributed by atoms with E-state index in [2.05, 4.69) is 15.6 Å². The van der Waals surface area contributed by atoms with E-state index in [-0.39, 0.29) is 47.7 Å². The molecule has 0 aromatic heterocycles. The molecule has 1 fully saturated rings. The summed E-state index contributed by atoms with van der Waals surface area (Å²) in [7, 11) is 0. The van der Waals surface area contributed by atoms with E-state index in [0.29, 0.717) is 13.1 Å². The van der Waals surface area contributed by atoms with Crippen LogP contribution >= 0.6 is 24.0 Å². The average Bonchev–Trinajstić information content (AvgIpc) is 3.31.